The van der Waals surface area contributed by atoms with Crippen LogP contribution in [0.25, 0.3) is 11.6 Å². The molecule has 3 rings (SSSR count). The Hall–Kier alpha value is -1.81. The van der Waals surface area contributed by atoms with Crippen LogP contribution >= 0.6 is 11.8 Å². The highest BCUT2D eigenvalue weighted by molar-refractivity contribution is 7.99. The smallest absolute Gasteiger partial charge is 0.230 e. The molecule has 1 N–H and O–H groups in total. The summed E-state index contributed by atoms with van der Waals surface area (Å²) in [5.74, 6) is 1.28. The van der Waals surface area contributed by atoms with Crippen molar-refractivity contribution in [3.8, 4) is 11.6 Å². The number of aromatic nitrogens is 3. The summed E-state index contributed by atoms with van der Waals surface area (Å²) in [6.45, 7) is 4.37. The average Bonchev–Trinajstić information content (AvgIpc) is 3.23. The third kappa shape index (κ3) is 4.06. The lowest BCUT2D eigenvalue weighted by Crippen LogP contribution is -2.47. The molecule has 0 spiro atoms. The number of sulfone groups is 1. The van der Waals surface area contributed by atoms with Crippen molar-refractivity contribution in [1.29, 1.82) is 0 Å². The fraction of sp³-hybridized carbons (Fsp3) is 0.533. The van der Waals surface area contributed by atoms with Crippen LogP contribution in [-0.4, -0.2) is 51.9 Å². The number of carbonyl (C=O) groups is 1. The number of nitrogens with one attached hydrogen (secondary N) is 1. The summed E-state index contributed by atoms with van der Waals surface area (Å²) in [4.78, 5) is 12.2. The minimum atomic E-state index is -3.06. The van der Waals surface area contributed by atoms with Gasteiger partial charge in [-0.25, -0.2) is 8.42 Å². The van der Waals surface area contributed by atoms with Crippen LogP contribution in [0.1, 0.15) is 20.3 Å². The van der Waals surface area contributed by atoms with Gasteiger partial charge in [0, 0.05) is 6.54 Å². The van der Waals surface area contributed by atoms with E-state index in [1.807, 2.05) is 11.5 Å². The first-order chi connectivity index (χ1) is 11.8. The van der Waals surface area contributed by atoms with E-state index in [2.05, 4.69) is 15.5 Å². The molecule has 136 valence electrons. The lowest BCUT2D eigenvalue weighted by atomic mass is 10.0. The standard InChI is InChI=1S/C15H20N4O4S2/c1-3-19-13(11-5-4-7-23-11)17-18-14(19)24-9-12(20)16-15(2)6-8-25(21,22)10-15/h4-5,7H,3,6,8-10H2,1-2H3,(H,16,20)/t15-/m1/s1. The first-order valence-electron chi connectivity index (χ1n) is 7.93. The summed E-state index contributed by atoms with van der Waals surface area (Å²) in [6, 6.07) is 3.58. The SMILES string of the molecule is CCn1c(SCC(=O)N[C@]2(C)CCS(=O)(=O)C2)nnc1-c1ccco1. The Kier molecular flexibility index (Phi) is 4.92. The van der Waals surface area contributed by atoms with Crippen LogP contribution in [0.3, 0.4) is 0 Å². The molecular weight excluding hydrogens is 364 g/mol. The summed E-state index contributed by atoms with van der Waals surface area (Å²) in [5, 5.41) is 11.7. The van der Waals surface area contributed by atoms with Crippen molar-refractivity contribution in [2.24, 2.45) is 0 Å². The quantitative estimate of drug-likeness (QED) is 0.749. The molecular formula is C15H20N4O4S2. The predicted molar refractivity (Wildman–Crippen MR) is 93.9 cm³/mol. The average molecular weight is 384 g/mol. The van der Waals surface area contributed by atoms with E-state index in [9.17, 15) is 13.2 Å². The zero-order chi connectivity index (χ0) is 18.1. The van der Waals surface area contributed by atoms with Crippen LogP contribution < -0.4 is 5.32 Å². The highest BCUT2D eigenvalue weighted by Crippen LogP contribution is 2.25. The second kappa shape index (κ2) is 6.83. The van der Waals surface area contributed by atoms with Crippen molar-refractivity contribution in [2.45, 2.75) is 37.5 Å². The molecule has 2 aromatic heterocycles. The molecule has 1 aliphatic rings. The maximum absolute atomic E-state index is 12.2. The van der Waals surface area contributed by atoms with Crippen molar-refractivity contribution >= 4 is 27.5 Å². The molecule has 3 heterocycles. The second-order valence-corrected chi connectivity index (χ2v) is 9.39. The van der Waals surface area contributed by atoms with Gasteiger partial charge in [-0.15, -0.1) is 10.2 Å². The molecule has 2 aromatic rings. The van der Waals surface area contributed by atoms with Gasteiger partial charge in [-0.05, 0) is 32.4 Å². The van der Waals surface area contributed by atoms with Gasteiger partial charge in [0.15, 0.2) is 26.6 Å². The topological polar surface area (TPSA) is 107 Å². The number of carbonyl (C=O) groups excluding carboxylic acids is 1. The van der Waals surface area contributed by atoms with Crippen LogP contribution in [0.2, 0.25) is 0 Å². The molecule has 1 fully saturated rings. The third-order valence-corrected chi connectivity index (χ3v) is 6.92. The van der Waals surface area contributed by atoms with Crippen molar-refractivity contribution in [1.82, 2.24) is 20.1 Å². The second-order valence-electron chi connectivity index (χ2n) is 6.27. The normalized spacial score (nSPS) is 22.2. The fourth-order valence-electron chi connectivity index (χ4n) is 2.88. The van der Waals surface area contributed by atoms with E-state index >= 15 is 0 Å². The van der Waals surface area contributed by atoms with Crippen LogP contribution in [-0.2, 0) is 21.2 Å². The van der Waals surface area contributed by atoms with E-state index < -0.39 is 15.4 Å². The van der Waals surface area contributed by atoms with Crippen LogP contribution in [0.4, 0.5) is 0 Å². The number of amides is 1. The Balaban J connectivity index is 1.63. The Morgan fingerprint density at radius 3 is 2.88 bits per heavy atom. The lowest BCUT2D eigenvalue weighted by Gasteiger charge is -2.23. The van der Waals surface area contributed by atoms with Gasteiger partial charge in [-0.2, -0.15) is 0 Å². The van der Waals surface area contributed by atoms with Gasteiger partial charge >= 0.3 is 0 Å². The molecule has 0 aliphatic carbocycles. The van der Waals surface area contributed by atoms with Gasteiger partial charge in [0.25, 0.3) is 0 Å². The minimum Gasteiger partial charge on any atom is -0.461 e. The van der Waals surface area contributed by atoms with Gasteiger partial charge < -0.3 is 9.73 Å². The van der Waals surface area contributed by atoms with Crippen LogP contribution in [0, 0.1) is 0 Å². The number of thioether (sulfide) groups is 1. The van der Waals surface area contributed by atoms with E-state index in [4.69, 9.17) is 4.42 Å². The molecule has 0 bridgehead atoms. The number of hydrogen-bond acceptors (Lipinski definition) is 7. The number of nitrogens with zero attached hydrogens (tertiary/aromatic N) is 3. The molecule has 8 nitrogen and oxygen atoms in total. The fourth-order valence-corrected chi connectivity index (χ4v) is 5.78. The largest absolute Gasteiger partial charge is 0.461 e. The predicted octanol–water partition coefficient (Wildman–Crippen LogP) is 1.34. The highest BCUT2D eigenvalue weighted by Gasteiger charge is 2.39. The van der Waals surface area contributed by atoms with Crippen molar-refractivity contribution in [2.75, 3.05) is 17.3 Å². The Bertz CT molecular complexity index is 860. The van der Waals surface area contributed by atoms with Crippen molar-refractivity contribution < 1.29 is 17.6 Å². The molecule has 0 aromatic carbocycles. The molecule has 0 unspecified atom stereocenters. The molecule has 1 aliphatic heterocycles. The molecule has 0 radical (unpaired) electrons. The zero-order valence-electron chi connectivity index (χ0n) is 14.1. The molecule has 1 amide bonds. The van der Waals surface area contributed by atoms with Crippen molar-refractivity contribution in [3.05, 3.63) is 18.4 Å². The van der Waals surface area contributed by atoms with E-state index in [1.165, 1.54) is 11.8 Å². The summed E-state index contributed by atoms with van der Waals surface area (Å²) in [7, 11) is -3.06. The number of rotatable bonds is 6. The van der Waals surface area contributed by atoms with Gasteiger partial charge in [-0.3, -0.25) is 9.36 Å². The Morgan fingerprint density at radius 1 is 1.48 bits per heavy atom. The summed E-state index contributed by atoms with van der Waals surface area (Å²) in [6.07, 6.45) is 2.01. The zero-order valence-corrected chi connectivity index (χ0v) is 15.7. The Morgan fingerprint density at radius 2 is 2.28 bits per heavy atom. The molecule has 1 atom stereocenters. The van der Waals surface area contributed by atoms with Crippen LogP contribution in [0.5, 0.6) is 0 Å². The molecule has 25 heavy (non-hydrogen) atoms. The summed E-state index contributed by atoms with van der Waals surface area (Å²) >= 11 is 1.27. The molecule has 0 saturated carbocycles. The maximum Gasteiger partial charge on any atom is 0.230 e. The van der Waals surface area contributed by atoms with Gasteiger partial charge in [0.2, 0.25) is 5.91 Å². The first-order valence-corrected chi connectivity index (χ1v) is 10.7. The maximum atomic E-state index is 12.2. The summed E-state index contributed by atoms with van der Waals surface area (Å²) < 4.78 is 30.5. The van der Waals surface area contributed by atoms with Gasteiger partial charge in [-0.1, -0.05) is 11.8 Å². The van der Waals surface area contributed by atoms with E-state index in [0.717, 1.165) is 0 Å². The molecule has 10 heteroatoms. The number of hydrogen-bond donors (Lipinski definition) is 1. The molecule has 1 saturated heterocycles. The first kappa shape index (κ1) is 18.0. The minimum absolute atomic E-state index is 0.00973. The van der Waals surface area contributed by atoms with E-state index in [0.29, 0.717) is 29.7 Å². The number of furan rings is 1. The van der Waals surface area contributed by atoms with Crippen LogP contribution in [0.15, 0.2) is 28.0 Å². The third-order valence-electron chi connectivity index (χ3n) is 4.05. The highest BCUT2D eigenvalue weighted by atomic mass is 32.2. The van der Waals surface area contributed by atoms with E-state index in [1.54, 1.807) is 25.3 Å². The monoisotopic (exact) mass is 384 g/mol. The van der Waals surface area contributed by atoms with E-state index in [-0.39, 0.29) is 23.2 Å². The van der Waals surface area contributed by atoms with Gasteiger partial charge in [0.05, 0.1) is 29.1 Å². The summed E-state index contributed by atoms with van der Waals surface area (Å²) in [5.41, 5.74) is -0.686. The lowest BCUT2D eigenvalue weighted by molar-refractivity contribution is -0.120. The van der Waals surface area contributed by atoms with Crippen molar-refractivity contribution in [3.63, 3.8) is 0 Å². The van der Waals surface area contributed by atoms with Gasteiger partial charge in [0.1, 0.15) is 0 Å². The Labute approximate surface area is 150 Å².